The molecular weight excluding hydrogens is 364 g/mol. The van der Waals surface area contributed by atoms with E-state index >= 15 is 0 Å². The summed E-state index contributed by atoms with van der Waals surface area (Å²) in [5.74, 6) is 0.755. The predicted octanol–water partition coefficient (Wildman–Crippen LogP) is 3.90. The molecule has 0 amide bonds. The molecule has 0 atom stereocenters. The van der Waals surface area contributed by atoms with Gasteiger partial charge in [-0.05, 0) is 25.1 Å². The van der Waals surface area contributed by atoms with E-state index in [1.807, 2.05) is 90.6 Å². The molecule has 1 aromatic carbocycles. The predicted molar refractivity (Wildman–Crippen MR) is 111 cm³/mol. The van der Waals surface area contributed by atoms with Gasteiger partial charge in [-0.2, -0.15) is 15.3 Å². The lowest BCUT2D eigenvalue weighted by atomic mass is 10.1. The average molecular weight is 384 g/mol. The second-order valence-electron chi connectivity index (χ2n) is 6.96. The smallest absolute Gasteiger partial charge is 0.145 e. The number of methoxy groups -OCH3 is 1. The van der Waals surface area contributed by atoms with Crippen LogP contribution in [0.15, 0.2) is 67.4 Å². The van der Waals surface area contributed by atoms with Gasteiger partial charge in [-0.25, -0.2) is 9.20 Å². The molecule has 0 saturated heterocycles. The van der Waals surface area contributed by atoms with E-state index in [1.54, 1.807) is 11.8 Å². The lowest BCUT2D eigenvalue weighted by Gasteiger charge is -2.08. The van der Waals surface area contributed by atoms with E-state index in [9.17, 15) is 0 Å². The van der Waals surface area contributed by atoms with Gasteiger partial charge < -0.3 is 4.74 Å². The molecule has 0 saturated carbocycles. The number of nitrogens with zero attached hydrogens (tertiary/aromatic N) is 6. The molecule has 144 valence electrons. The zero-order chi connectivity index (χ0) is 20.0. The molecule has 29 heavy (non-hydrogen) atoms. The minimum atomic E-state index is 0.755. The summed E-state index contributed by atoms with van der Waals surface area (Å²) in [5, 5.41) is 13.5. The molecule has 0 fully saturated rings. The molecule has 5 rings (SSSR count). The lowest BCUT2D eigenvalue weighted by Crippen LogP contribution is -1.94. The minimum Gasteiger partial charge on any atom is -0.494 e. The fourth-order valence-electron chi connectivity index (χ4n) is 3.60. The van der Waals surface area contributed by atoms with Gasteiger partial charge >= 0.3 is 0 Å². The summed E-state index contributed by atoms with van der Waals surface area (Å²) in [6, 6.07) is 12.1. The Morgan fingerprint density at radius 3 is 2.45 bits per heavy atom. The van der Waals surface area contributed by atoms with Crippen LogP contribution in [0.4, 0.5) is 0 Å². The highest BCUT2D eigenvalue weighted by Crippen LogP contribution is 2.35. The molecule has 0 N–H and O–H groups in total. The van der Waals surface area contributed by atoms with Crippen molar-refractivity contribution in [2.45, 2.75) is 6.92 Å². The Bertz CT molecular complexity index is 1310. The molecule has 0 radical (unpaired) electrons. The number of hydrogen-bond acceptors (Lipinski definition) is 4. The van der Waals surface area contributed by atoms with Crippen LogP contribution in [0.1, 0.15) is 5.69 Å². The van der Waals surface area contributed by atoms with Crippen LogP contribution >= 0.6 is 0 Å². The van der Waals surface area contributed by atoms with Crippen LogP contribution in [0.2, 0.25) is 0 Å². The standard InChI is InChI=1S/C22H20N6O/c1-15-20(14-27(25-15)18-7-5-4-6-8-18)19-11-24-28-13-16(9-21(29-3)22(19)28)17-10-23-26(2)12-17/h4-14H,1-3H3. The Kier molecular flexibility index (Phi) is 3.94. The van der Waals surface area contributed by atoms with Crippen LogP contribution in [-0.2, 0) is 7.05 Å². The number of pyridine rings is 1. The van der Waals surface area contributed by atoms with Gasteiger partial charge in [0.1, 0.15) is 11.3 Å². The van der Waals surface area contributed by atoms with Gasteiger partial charge in [0.15, 0.2) is 0 Å². The highest BCUT2D eigenvalue weighted by molar-refractivity contribution is 5.87. The van der Waals surface area contributed by atoms with Crippen LogP contribution in [0.5, 0.6) is 5.75 Å². The maximum Gasteiger partial charge on any atom is 0.145 e. The van der Waals surface area contributed by atoms with E-state index in [1.165, 1.54) is 0 Å². The fraction of sp³-hybridized carbons (Fsp3) is 0.136. The van der Waals surface area contributed by atoms with Crippen molar-refractivity contribution >= 4 is 5.52 Å². The summed E-state index contributed by atoms with van der Waals surface area (Å²) >= 11 is 0. The number of aromatic nitrogens is 6. The van der Waals surface area contributed by atoms with Gasteiger partial charge in [0.05, 0.1) is 30.9 Å². The van der Waals surface area contributed by atoms with Gasteiger partial charge in [0.2, 0.25) is 0 Å². The Labute approximate surface area is 167 Å². The van der Waals surface area contributed by atoms with Crippen molar-refractivity contribution < 1.29 is 4.74 Å². The van der Waals surface area contributed by atoms with Crippen LogP contribution in [-0.4, -0.2) is 36.3 Å². The molecule has 4 heterocycles. The molecule has 0 spiro atoms. The molecule has 7 heteroatoms. The number of hydrogen-bond donors (Lipinski definition) is 0. The quantitative estimate of drug-likeness (QED) is 0.471. The molecule has 0 bridgehead atoms. The second kappa shape index (κ2) is 6.63. The fourth-order valence-corrected chi connectivity index (χ4v) is 3.60. The molecule has 7 nitrogen and oxygen atoms in total. The van der Waals surface area contributed by atoms with E-state index < -0.39 is 0 Å². The van der Waals surface area contributed by atoms with Crippen LogP contribution in [0.3, 0.4) is 0 Å². The van der Waals surface area contributed by atoms with Crippen molar-refractivity contribution in [1.82, 2.24) is 29.2 Å². The Balaban J connectivity index is 1.66. The normalized spacial score (nSPS) is 11.3. The van der Waals surface area contributed by atoms with Crippen LogP contribution in [0, 0.1) is 6.92 Å². The van der Waals surface area contributed by atoms with Crippen LogP contribution < -0.4 is 4.74 Å². The van der Waals surface area contributed by atoms with E-state index in [0.717, 1.165) is 44.9 Å². The number of aryl methyl sites for hydroxylation is 2. The number of rotatable bonds is 4. The second-order valence-corrected chi connectivity index (χ2v) is 6.96. The van der Waals surface area contributed by atoms with Gasteiger partial charge in [0.25, 0.3) is 0 Å². The van der Waals surface area contributed by atoms with E-state index in [-0.39, 0.29) is 0 Å². The Morgan fingerprint density at radius 2 is 1.72 bits per heavy atom. The topological polar surface area (TPSA) is 62.2 Å². The Morgan fingerprint density at radius 1 is 0.897 bits per heavy atom. The van der Waals surface area contributed by atoms with Gasteiger partial charge in [-0.1, -0.05) is 18.2 Å². The summed E-state index contributed by atoms with van der Waals surface area (Å²) in [5.41, 5.74) is 6.88. The van der Waals surface area contributed by atoms with Crippen molar-refractivity contribution in [2.24, 2.45) is 7.05 Å². The molecule has 0 unspecified atom stereocenters. The third-order valence-corrected chi connectivity index (χ3v) is 5.04. The van der Waals surface area contributed by atoms with E-state index in [0.29, 0.717) is 0 Å². The van der Waals surface area contributed by atoms with Crippen molar-refractivity contribution in [1.29, 1.82) is 0 Å². The van der Waals surface area contributed by atoms with Gasteiger partial charge in [0, 0.05) is 47.9 Å². The van der Waals surface area contributed by atoms with Crippen molar-refractivity contribution in [3.8, 4) is 33.7 Å². The van der Waals surface area contributed by atoms with E-state index in [2.05, 4.69) is 10.2 Å². The van der Waals surface area contributed by atoms with Gasteiger partial charge in [-0.3, -0.25) is 4.68 Å². The lowest BCUT2D eigenvalue weighted by molar-refractivity contribution is 0.418. The minimum absolute atomic E-state index is 0.755. The maximum absolute atomic E-state index is 5.73. The zero-order valence-corrected chi connectivity index (χ0v) is 16.4. The monoisotopic (exact) mass is 384 g/mol. The van der Waals surface area contributed by atoms with Crippen LogP contribution in [0.25, 0.3) is 33.5 Å². The number of ether oxygens (including phenoxy) is 1. The van der Waals surface area contributed by atoms with Gasteiger partial charge in [-0.15, -0.1) is 0 Å². The largest absolute Gasteiger partial charge is 0.494 e. The molecule has 5 aromatic rings. The Hall–Kier alpha value is -3.87. The number of para-hydroxylation sites is 1. The summed E-state index contributed by atoms with van der Waals surface area (Å²) < 4.78 is 11.3. The molecule has 0 aliphatic rings. The maximum atomic E-state index is 5.73. The molecule has 0 aliphatic carbocycles. The first kappa shape index (κ1) is 17.2. The van der Waals surface area contributed by atoms with Crippen molar-refractivity contribution in [2.75, 3.05) is 7.11 Å². The highest BCUT2D eigenvalue weighted by atomic mass is 16.5. The van der Waals surface area contributed by atoms with E-state index in [4.69, 9.17) is 9.84 Å². The first-order valence-electron chi connectivity index (χ1n) is 9.30. The first-order valence-corrected chi connectivity index (χ1v) is 9.30. The summed E-state index contributed by atoms with van der Waals surface area (Å²) in [4.78, 5) is 0. The number of fused-ring (bicyclic) bond motifs is 1. The zero-order valence-electron chi connectivity index (χ0n) is 16.4. The summed E-state index contributed by atoms with van der Waals surface area (Å²) in [6.45, 7) is 2.01. The number of benzene rings is 1. The SMILES string of the molecule is COc1cc(-c2cnn(C)c2)cn2ncc(-c3cn(-c4ccccc4)nc3C)c12. The summed E-state index contributed by atoms with van der Waals surface area (Å²) in [6.07, 6.45) is 9.70. The molecule has 4 aromatic heterocycles. The summed E-state index contributed by atoms with van der Waals surface area (Å²) in [7, 11) is 3.58. The first-order chi connectivity index (χ1) is 14.1. The molecular formula is C22H20N6O. The molecule has 0 aliphatic heterocycles. The average Bonchev–Trinajstić information content (AvgIpc) is 3.46. The van der Waals surface area contributed by atoms with Crippen molar-refractivity contribution in [3.63, 3.8) is 0 Å². The highest BCUT2D eigenvalue weighted by Gasteiger charge is 2.18. The third-order valence-electron chi connectivity index (χ3n) is 5.04. The third kappa shape index (κ3) is 2.87. The van der Waals surface area contributed by atoms with Crippen molar-refractivity contribution in [3.05, 3.63) is 73.1 Å².